The Hall–Kier alpha value is -2.05. The minimum Gasteiger partial charge on any atom is -0.463 e. The molecule has 6 nitrogen and oxygen atoms in total. The summed E-state index contributed by atoms with van der Waals surface area (Å²) in [5.74, 6) is -1.30. The lowest BCUT2D eigenvalue weighted by Crippen LogP contribution is -2.46. The van der Waals surface area contributed by atoms with Gasteiger partial charge < -0.3 is 14.5 Å². The van der Waals surface area contributed by atoms with Crippen LogP contribution in [-0.4, -0.2) is 53.8 Å². The molecule has 0 aromatic heterocycles. The van der Waals surface area contributed by atoms with Crippen molar-refractivity contribution >= 4 is 41.0 Å². The number of carbonyl (C=O) groups is 3. The van der Waals surface area contributed by atoms with E-state index < -0.39 is 11.9 Å². The Labute approximate surface area is 186 Å². The highest BCUT2D eigenvalue weighted by molar-refractivity contribution is 6.42. The molecule has 0 radical (unpaired) electrons. The molecular weight excluding hydrogens is 427 g/mol. The average Bonchev–Trinajstić information content (AvgIpc) is 2.73. The second kappa shape index (κ2) is 9.84. The molecule has 1 atom stereocenters. The van der Waals surface area contributed by atoms with Crippen molar-refractivity contribution in [2.75, 3.05) is 26.2 Å². The van der Waals surface area contributed by atoms with E-state index in [0.29, 0.717) is 40.0 Å². The number of amides is 2. The number of piperidine rings is 1. The van der Waals surface area contributed by atoms with Gasteiger partial charge >= 0.3 is 5.97 Å². The Morgan fingerprint density at radius 3 is 2.47 bits per heavy atom. The summed E-state index contributed by atoms with van der Waals surface area (Å²) < 4.78 is 5.27. The zero-order chi connectivity index (χ0) is 21.8. The number of hydrogen-bond donors (Lipinski definition) is 0. The van der Waals surface area contributed by atoms with Crippen molar-refractivity contribution in [2.45, 2.75) is 45.4 Å². The molecule has 8 heteroatoms. The summed E-state index contributed by atoms with van der Waals surface area (Å²) in [6.07, 6.45) is 3.12. The summed E-state index contributed by atoms with van der Waals surface area (Å²) in [7, 11) is 0. The second-order valence-electron chi connectivity index (χ2n) is 7.57. The number of allylic oxidation sites excluding steroid dienone is 1. The predicted octanol–water partition coefficient (Wildman–Crippen LogP) is 4.16. The van der Waals surface area contributed by atoms with Crippen molar-refractivity contribution in [1.82, 2.24) is 9.80 Å². The Balaban J connectivity index is 1.94. The van der Waals surface area contributed by atoms with Crippen LogP contribution in [0, 0.1) is 0 Å². The van der Waals surface area contributed by atoms with Gasteiger partial charge in [0.15, 0.2) is 0 Å². The smallest absolute Gasteiger partial charge is 0.336 e. The number of likely N-dealkylation sites (tertiary alicyclic amines) is 1. The molecule has 0 bridgehead atoms. The van der Waals surface area contributed by atoms with E-state index in [-0.39, 0.29) is 31.4 Å². The molecule has 2 aliphatic rings. The second-order valence-corrected chi connectivity index (χ2v) is 8.39. The minimum atomic E-state index is -0.507. The molecule has 30 heavy (non-hydrogen) atoms. The third kappa shape index (κ3) is 4.81. The van der Waals surface area contributed by atoms with E-state index in [1.165, 1.54) is 4.90 Å². The minimum absolute atomic E-state index is 0.0523. The molecule has 0 saturated carbocycles. The molecule has 162 valence electrons. The topological polar surface area (TPSA) is 66.9 Å². The Morgan fingerprint density at radius 1 is 1.13 bits per heavy atom. The van der Waals surface area contributed by atoms with Gasteiger partial charge in [-0.3, -0.25) is 9.59 Å². The molecule has 2 heterocycles. The standard InChI is InChI=1S/C22H26Cl2N2O4/c1-3-30-22(29)21-14(2)26(13-20(28)25-9-5-4-6-10-25)19(27)12-16(21)15-7-8-17(23)18(24)11-15/h7-8,11,16H,3-6,9-10,12-13H2,1-2H3. The number of esters is 1. The van der Waals surface area contributed by atoms with Gasteiger partial charge in [-0.1, -0.05) is 29.3 Å². The molecule has 3 rings (SSSR count). The zero-order valence-electron chi connectivity index (χ0n) is 17.2. The first-order chi connectivity index (χ1) is 14.3. The number of benzene rings is 1. The van der Waals surface area contributed by atoms with Gasteiger partial charge in [-0.2, -0.15) is 0 Å². The van der Waals surface area contributed by atoms with Crippen LogP contribution in [0.3, 0.4) is 0 Å². The number of carbonyl (C=O) groups excluding carboxylic acids is 3. The van der Waals surface area contributed by atoms with Gasteiger partial charge in [-0.15, -0.1) is 0 Å². The summed E-state index contributed by atoms with van der Waals surface area (Å²) in [6.45, 7) is 4.98. The highest BCUT2D eigenvalue weighted by atomic mass is 35.5. The summed E-state index contributed by atoms with van der Waals surface area (Å²) in [5.41, 5.74) is 1.54. The van der Waals surface area contributed by atoms with Gasteiger partial charge in [0.1, 0.15) is 6.54 Å². The zero-order valence-corrected chi connectivity index (χ0v) is 18.8. The third-order valence-electron chi connectivity index (χ3n) is 5.67. The Morgan fingerprint density at radius 2 is 1.83 bits per heavy atom. The first kappa shape index (κ1) is 22.6. The number of nitrogens with zero attached hydrogens (tertiary/aromatic N) is 2. The summed E-state index contributed by atoms with van der Waals surface area (Å²) in [6, 6.07) is 5.07. The van der Waals surface area contributed by atoms with Crippen molar-refractivity contribution in [2.24, 2.45) is 0 Å². The van der Waals surface area contributed by atoms with E-state index in [4.69, 9.17) is 27.9 Å². The van der Waals surface area contributed by atoms with E-state index in [1.54, 1.807) is 36.9 Å². The lowest BCUT2D eigenvalue weighted by molar-refractivity contribution is -0.142. The van der Waals surface area contributed by atoms with Gasteiger partial charge in [0.2, 0.25) is 11.8 Å². The molecule has 1 fully saturated rings. The maximum absolute atomic E-state index is 13.0. The highest BCUT2D eigenvalue weighted by Gasteiger charge is 2.38. The molecule has 1 saturated heterocycles. The van der Waals surface area contributed by atoms with Crippen LogP contribution in [0.1, 0.15) is 51.0 Å². The molecule has 0 N–H and O–H groups in total. The van der Waals surface area contributed by atoms with Crippen LogP contribution in [0.5, 0.6) is 0 Å². The first-order valence-corrected chi connectivity index (χ1v) is 11.0. The molecule has 1 unspecified atom stereocenters. The van der Waals surface area contributed by atoms with Crippen molar-refractivity contribution in [1.29, 1.82) is 0 Å². The van der Waals surface area contributed by atoms with E-state index in [9.17, 15) is 14.4 Å². The molecule has 2 aliphatic heterocycles. The Bertz CT molecular complexity index is 878. The monoisotopic (exact) mass is 452 g/mol. The van der Waals surface area contributed by atoms with Gasteiger partial charge in [0.05, 0.1) is 22.2 Å². The number of hydrogen-bond acceptors (Lipinski definition) is 4. The van der Waals surface area contributed by atoms with Gasteiger partial charge in [0.25, 0.3) is 0 Å². The fourth-order valence-electron chi connectivity index (χ4n) is 4.07. The van der Waals surface area contributed by atoms with Crippen LogP contribution >= 0.6 is 23.2 Å². The average molecular weight is 453 g/mol. The van der Waals surface area contributed by atoms with Crippen LogP contribution in [0.2, 0.25) is 10.0 Å². The van der Waals surface area contributed by atoms with Crippen LogP contribution in [-0.2, 0) is 19.1 Å². The molecule has 0 aliphatic carbocycles. The van der Waals surface area contributed by atoms with E-state index in [2.05, 4.69) is 0 Å². The van der Waals surface area contributed by atoms with E-state index in [1.807, 2.05) is 0 Å². The van der Waals surface area contributed by atoms with Crippen molar-refractivity contribution in [3.8, 4) is 0 Å². The largest absolute Gasteiger partial charge is 0.463 e. The van der Waals surface area contributed by atoms with Crippen LogP contribution in [0.25, 0.3) is 0 Å². The van der Waals surface area contributed by atoms with E-state index in [0.717, 1.165) is 19.3 Å². The van der Waals surface area contributed by atoms with Crippen LogP contribution < -0.4 is 0 Å². The summed E-state index contributed by atoms with van der Waals surface area (Å²) in [5, 5.41) is 0.750. The summed E-state index contributed by atoms with van der Waals surface area (Å²) >= 11 is 12.2. The van der Waals surface area contributed by atoms with Crippen molar-refractivity contribution < 1.29 is 19.1 Å². The predicted molar refractivity (Wildman–Crippen MR) is 115 cm³/mol. The molecular formula is C22H26Cl2N2O4. The molecule has 1 aromatic rings. The third-order valence-corrected chi connectivity index (χ3v) is 6.41. The normalized spacial score (nSPS) is 19.9. The van der Waals surface area contributed by atoms with Crippen LogP contribution in [0.4, 0.5) is 0 Å². The maximum Gasteiger partial charge on any atom is 0.336 e. The maximum atomic E-state index is 13.0. The van der Waals surface area contributed by atoms with E-state index >= 15 is 0 Å². The van der Waals surface area contributed by atoms with Crippen LogP contribution in [0.15, 0.2) is 29.5 Å². The number of halogens is 2. The summed E-state index contributed by atoms with van der Waals surface area (Å²) in [4.78, 5) is 41.8. The fourth-order valence-corrected chi connectivity index (χ4v) is 4.38. The van der Waals surface area contributed by atoms with Gasteiger partial charge in [-0.25, -0.2) is 4.79 Å². The Kier molecular flexibility index (Phi) is 7.42. The molecule has 0 spiro atoms. The lowest BCUT2D eigenvalue weighted by Gasteiger charge is -2.36. The highest BCUT2D eigenvalue weighted by Crippen LogP contribution is 2.39. The van der Waals surface area contributed by atoms with Crippen molar-refractivity contribution in [3.05, 3.63) is 45.1 Å². The van der Waals surface area contributed by atoms with Gasteiger partial charge in [0, 0.05) is 31.1 Å². The molecule has 2 amide bonds. The quantitative estimate of drug-likeness (QED) is 0.628. The SMILES string of the molecule is CCOC(=O)C1=C(C)N(CC(=O)N2CCCCC2)C(=O)CC1c1ccc(Cl)c(Cl)c1. The number of ether oxygens (including phenoxy) is 1. The fraction of sp³-hybridized carbons (Fsp3) is 0.500. The van der Waals surface area contributed by atoms with Gasteiger partial charge in [-0.05, 0) is 50.8 Å². The number of rotatable bonds is 5. The van der Waals surface area contributed by atoms with Crippen molar-refractivity contribution in [3.63, 3.8) is 0 Å². The molecule has 1 aromatic carbocycles. The first-order valence-electron chi connectivity index (χ1n) is 10.2. The lowest BCUT2D eigenvalue weighted by atomic mass is 9.83.